The minimum absolute atomic E-state index is 0.273. The van der Waals surface area contributed by atoms with Crippen LogP contribution in [0, 0.1) is 13.8 Å². The largest absolute Gasteiger partial charge is 0.480 e. The van der Waals surface area contributed by atoms with Gasteiger partial charge in [-0.25, -0.2) is 9.67 Å². The summed E-state index contributed by atoms with van der Waals surface area (Å²) in [7, 11) is 0. The van der Waals surface area contributed by atoms with E-state index in [9.17, 15) is 9.90 Å². The molecule has 0 aromatic carbocycles. The summed E-state index contributed by atoms with van der Waals surface area (Å²) >= 11 is 0. The fourth-order valence-electron chi connectivity index (χ4n) is 1.61. The molecule has 1 rings (SSSR count). The molecule has 0 saturated heterocycles. The highest BCUT2D eigenvalue weighted by atomic mass is 16.4. The molecule has 1 aromatic heterocycles. The number of nitrogens with zero attached hydrogens (tertiary/aromatic N) is 3. The van der Waals surface area contributed by atoms with Crippen molar-refractivity contribution < 1.29 is 9.90 Å². The van der Waals surface area contributed by atoms with Crippen LogP contribution < -0.4 is 5.32 Å². The zero-order chi connectivity index (χ0) is 13.1. The highest BCUT2D eigenvalue weighted by Gasteiger charge is 2.33. The predicted molar refractivity (Wildman–Crippen MR) is 63.8 cm³/mol. The van der Waals surface area contributed by atoms with Gasteiger partial charge in [0.15, 0.2) is 0 Å². The van der Waals surface area contributed by atoms with Crippen LogP contribution in [-0.4, -0.2) is 37.9 Å². The summed E-state index contributed by atoms with van der Waals surface area (Å²) < 4.78 is 1.63. The van der Waals surface area contributed by atoms with Gasteiger partial charge in [0.2, 0.25) is 0 Å². The number of carbonyl (C=O) groups is 1. The smallest absolute Gasteiger partial charge is 0.325 e. The Balaban J connectivity index is 2.86. The zero-order valence-corrected chi connectivity index (χ0v) is 10.8. The lowest BCUT2D eigenvalue weighted by Gasteiger charge is -2.26. The Hall–Kier alpha value is -1.43. The summed E-state index contributed by atoms with van der Waals surface area (Å²) in [5.41, 5.74) is -1.01. The summed E-state index contributed by atoms with van der Waals surface area (Å²) in [5, 5.41) is 16.5. The molecule has 1 atom stereocenters. The molecule has 96 valence electrons. The van der Waals surface area contributed by atoms with Gasteiger partial charge >= 0.3 is 5.97 Å². The van der Waals surface area contributed by atoms with Crippen molar-refractivity contribution in [1.29, 1.82) is 0 Å². The second kappa shape index (κ2) is 5.27. The third kappa shape index (κ3) is 3.26. The molecule has 2 N–H and O–H groups in total. The first-order chi connectivity index (χ1) is 7.89. The molecule has 0 spiro atoms. The molecule has 17 heavy (non-hydrogen) atoms. The maximum absolute atomic E-state index is 11.3. The van der Waals surface area contributed by atoms with Crippen molar-refractivity contribution in [3.8, 4) is 0 Å². The van der Waals surface area contributed by atoms with Gasteiger partial charge in [-0.05, 0) is 33.7 Å². The maximum Gasteiger partial charge on any atom is 0.325 e. The van der Waals surface area contributed by atoms with Gasteiger partial charge in [0.25, 0.3) is 0 Å². The van der Waals surface area contributed by atoms with Gasteiger partial charge in [-0.2, -0.15) is 5.10 Å². The summed E-state index contributed by atoms with van der Waals surface area (Å²) in [6, 6.07) is 0. The standard InChI is InChI=1S/C11H20N4O2/c1-5-6-12-11(4,10(16)17)7-15-9(3)13-8(2)14-15/h12H,5-7H2,1-4H3,(H,16,17). The monoisotopic (exact) mass is 240 g/mol. The average Bonchev–Trinajstić information content (AvgIpc) is 2.54. The molecule has 1 heterocycles. The first-order valence-corrected chi connectivity index (χ1v) is 5.75. The first-order valence-electron chi connectivity index (χ1n) is 5.75. The third-order valence-electron chi connectivity index (χ3n) is 2.67. The number of rotatable bonds is 6. The van der Waals surface area contributed by atoms with E-state index in [-0.39, 0.29) is 6.54 Å². The number of aromatic nitrogens is 3. The van der Waals surface area contributed by atoms with Crippen LogP contribution in [0.2, 0.25) is 0 Å². The molecule has 0 radical (unpaired) electrons. The molecule has 0 saturated carbocycles. The molecular weight excluding hydrogens is 220 g/mol. The third-order valence-corrected chi connectivity index (χ3v) is 2.67. The average molecular weight is 240 g/mol. The Bertz CT molecular complexity index is 402. The number of nitrogens with one attached hydrogen (secondary N) is 1. The van der Waals surface area contributed by atoms with Crippen molar-refractivity contribution in [2.24, 2.45) is 0 Å². The summed E-state index contributed by atoms with van der Waals surface area (Å²) in [6.45, 7) is 8.22. The van der Waals surface area contributed by atoms with E-state index in [2.05, 4.69) is 15.4 Å². The fraction of sp³-hybridized carbons (Fsp3) is 0.727. The molecule has 6 heteroatoms. The van der Waals surface area contributed by atoms with Gasteiger partial charge < -0.3 is 10.4 Å². The van der Waals surface area contributed by atoms with E-state index in [1.54, 1.807) is 18.5 Å². The van der Waals surface area contributed by atoms with Gasteiger partial charge in [0.1, 0.15) is 17.2 Å². The van der Waals surface area contributed by atoms with Crippen LogP contribution in [-0.2, 0) is 11.3 Å². The van der Waals surface area contributed by atoms with E-state index in [1.807, 2.05) is 13.8 Å². The van der Waals surface area contributed by atoms with Gasteiger partial charge in [0.05, 0.1) is 6.54 Å². The van der Waals surface area contributed by atoms with E-state index in [1.165, 1.54) is 0 Å². The molecule has 0 bridgehead atoms. The molecule has 0 aliphatic carbocycles. The molecule has 1 unspecified atom stereocenters. The summed E-state index contributed by atoms with van der Waals surface area (Å²) in [4.78, 5) is 15.5. The van der Waals surface area contributed by atoms with E-state index in [0.717, 1.165) is 12.2 Å². The first kappa shape index (κ1) is 13.6. The molecular formula is C11H20N4O2. The van der Waals surface area contributed by atoms with Gasteiger partial charge in [-0.1, -0.05) is 6.92 Å². The van der Waals surface area contributed by atoms with Crippen molar-refractivity contribution in [1.82, 2.24) is 20.1 Å². The molecule has 0 aliphatic rings. The normalized spacial score (nSPS) is 14.6. The van der Waals surface area contributed by atoms with Crippen molar-refractivity contribution in [2.75, 3.05) is 6.54 Å². The summed E-state index contributed by atoms with van der Waals surface area (Å²) in [6.07, 6.45) is 0.887. The Kier molecular flexibility index (Phi) is 4.22. The number of hydrogen-bond donors (Lipinski definition) is 2. The predicted octanol–water partition coefficient (Wildman–Crippen LogP) is 0.738. The zero-order valence-electron chi connectivity index (χ0n) is 10.8. The topological polar surface area (TPSA) is 80.0 Å². The quantitative estimate of drug-likeness (QED) is 0.766. The Morgan fingerprint density at radius 2 is 2.18 bits per heavy atom. The van der Waals surface area contributed by atoms with Crippen molar-refractivity contribution in [2.45, 2.75) is 46.2 Å². The van der Waals surface area contributed by atoms with Crippen molar-refractivity contribution in [3.63, 3.8) is 0 Å². The second-order valence-corrected chi connectivity index (χ2v) is 4.43. The van der Waals surface area contributed by atoms with E-state index in [4.69, 9.17) is 0 Å². The minimum atomic E-state index is -1.01. The minimum Gasteiger partial charge on any atom is -0.480 e. The van der Waals surface area contributed by atoms with E-state index in [0.29, 0.717) is 12.4 Å². The molecule has 0 fully saturated rings. The van der Waals surface area contributed by atoms with Crippen LogP contribution in [0.5, 0.6) is 0 Å². The highest BCUT2D eigenvalue weighted by molar-refractivity contribution is 5.78. The molecule has 6 nitrogen and oxygen atoms in total. The SMILES string of the molecule is CCCNC(C)(Cn1nc(C)nc1C)C(=O)O. The lowest BCUT2D eigenvalue weighted by Crippen LogP contribution is -2.53. The van der Waals surface area contributed by atoms with Crippen LogP contribution in [0.15, 0.2) is 0 Å². The Labute approximate surface area is 101 Å². The number of aliphatic carboxylic acids is 1. The van der Waals surface area contributed by atoms with Crippen molar-refractivity contribution >= 4 is 5.97 Å². The van der Waals surface area contributed by atoms with Crippen LogP contribution in [0.1, 0.15) is 31.9 Å². The van der Waals surface area contributed by atoms with Gasteiger partial charge in [-0.15, -0.1) is 0 Å². The van der Waals surface area contributed by atoms with Crippen LogP contribution in [0.3, 0.4) is 0 Å². The number of carboxylic acids is 1. The highest BCUT2D eigenvalue weighted by Crippen LogP contribution is 2.09. The molecule has 1 aromatic rings. The van der Waals surface area contributed by atoms with Crippen molar-refractivity contribution in [3.05, 3.63) is 11.6 Å². The van der Waals surface area contributed by atoms with E-state index < -0.39 is 11.5 Å². The Morgan fingerprint density at radius 3 is 2.59 bits per heavy atom. The Morgan fingerprint density at radius 1 is 1.53 bits per heavy atom. The van der Waals surface area contributed by atoms with Crippen LogP contribution in [0.4, 0.5) is 0 Å². The lowest BCUT2D eigenvalue weighted by molar-refractivity contribution is -0.144. The number of aryl methyl sites for hydroxylation is 2. The van der Waals surface area contributed by atoms with Crippen LogP contribution >= 0.6 is 0 Å². The fourth-order valence-corrected chi connectivity index (χ4v) is 1.61. The molecule has 0 aliphatic heterocycles. The maximum atomic E-state index is 11.3. The van der Waals surface area contributed by atoms with Crippen LogP contribution in [0.25, 0.3) is 0 Å². The second-order valence-electron chi connectivity index (χ2n) is 4.43. The van der Waals surface area contributed by atoms with E-state index >= 15 is 0 Å². The lowest BCUT2D eigenvalue weighted by atomic mass is 10.0. The number of hydrogen-bond acceptors (Lipinski definition) is 4. The van der Waals surface area contributed by atoms with Gasteiger partial charge in [0, 0.05) is 0 Å². The number of carboxylic acid groups (broad SMARTS) is 1. The van der Waals surface area contributed by atoms with Gasteiger partial charge in [-0.3, -0.25) is 4.79 Å². The molecule has 0 amide bonds. The summed E-state index contributed by atoms with van der Waals surface area (Å²) in [5.74, 6) is 0.512.